The van der Waals surface area contributed by atoms with Crippen LogP contribution in [0.15, 0.2) is 29.3 Å². The van der Waals surface area contributed by atoms with Crippen molar-refractivity contribution in [1.82, 2.24) is 9.29 Å². The van der Waals surface area contributed by atoms with Crippen LogP contribution in [0.1, 0.15) is 17.7 Å². The summed E-state index contributed by atoms with van der Waals surface area (Å²) in [6.45, 7) is 2.41. The van der Waals surface area contributed by atoms with Crippen LogP contribution in [0.25, 0.3) is 0 Å². The zero-order valence-corrected chi connectivity index (χ0v) is 17.1. The van der Waals surface area contributed by atoms with Gasteiger partial charge in [0.25, 0.3) is 0 Å². The van der Waals surface area contributed by atoms with E-state index in [9.17, 15) is 13.2 Å². The van der Waals surface area contributed by atoms with Crippen molar-refractivity contribution in [3.63, 3.8) is 0 Å². The highest BCUT2D eigenvalue weighted by Gasteiger charge is 2.33. The molecule has 1 aromatic carbocycles. The average Bonchev–Trinajstić information content (AvgIpc) is 3.02. The molecule has 0 unspecified atom stereocenters. The van der Waals surface area contributed by atoms with Gasteiger partial charge in [0.2, 0.25) is 15.9 Å². The van der Waals surface area contributed by atoms with Crippen molar-refractivity contribution in [2.45, 2.75) is 24.7 Å². The Morgan fingerprint density at radius 3 is 2.62 bits per heavy atom. The highest BCUT2D eigenvalue weighted by molar-refractivity contribution is 7.89. The van der Waals surface area contributed by atoms with Crippen LogP contribution in [0.4, 0.5) is 5.13 Å². The largest absolute Gasteiger partial charge is 0.302 e. The van der Waals surface area contributed by atoms with E-state index in [0.717, 1.165) is 4.88 Å². The fourth-order valence-corrected chi connectivity index (χ4v) is 5.67. The van der Waals surface area contributed by atoms with Gasteiger partial charge in [-0.05, 0) is 38.0 Å². The molecule has 3 rings (SSSR count). The molecular formula is C16H17Cl2N3O3S2. The summed E-state index contributed by atoms with van der Waals surface area (Å²) in [5.74, 6) is -0.377. The molecule has 1 aliphatic heterocycles. The van der Waals surface area contributed by atoms with Crippen molar-refractivity contribution in [3.05, 3.63) is 39.3 Å². The molecule has 1 saturated heterocycles. The maximum absolute atomic E-state index is 12.8. The summed E-state index contributed by atoms with van der Waals surface area (Å²) in [4.78, 5) is 17.5. The fourth-order valence-electron chi connectivity index (χ4n) is 2.79. The standard InChI is InChI=1S/C16H17Cl2N3O3S2/c1-10-9-19-16(25-10)20-15(22)11-4-6-21(7-5-11)26(23,24)14-8-12(17)2-3-13(14)18/h2-3,8-9,11H,4-7H2,1H3,(H,19,20,22). The number of aryl methyl sites for hydroxylation is 1. The highest BCUT2D eigenvalue weighted by Crippen LogP contribution is 2.30. The summed E-state index contributed by atoms with van der Waals surface area (Å²) in [5.41, 5.74) is 0. The zero-order chi connectivity index (χ0) is 18.9. The summed E-state index contributed by atoms with van der Waals surface area (Å²) in [6.07, 6.45) is 2.57. The van der Waals surface area contributed by atoms with Crippen LogP contribution < -0.4 is 5.32 Å². The molecule has 1 aromatic heterocycles. The van der Waals surface area contributed by atoms with Crippen LogP contribution in [0.2, 0.25) is 10.0 Å². The number of piperidine rings is 1. The topological polar surface area (TPSA) is 79.4 Å². The number of nitrogens with one attached hydrogen (secondary N) is 1. The minimum absolute atomic E-state index is 0.00664. The van der Waals surface area contributed by atoms with E-state index >= 15 is 0 Å². The van der Waals surface area contributed by atoms with Gasteiger partial charge in [-0.25, -0.2) is 13.4 Å². The maximum Gasteiger partial charge on any atom is 0.244 e. The van der Waals surface area contributed by atoms with Gasteiger partial charge in [-0.3, -0.25) is 4.79 Å². The quantitative estimate of drug-likeness (QED) is 0.794. The monoisotopic (exact) mass is 433 g/mol. The summed E-state index contributed by atoms with van der Waals surface area (Å²) < 4.78 is 27.0. The number of benzene rings is 1. The third kappa shape index (κ3) is 4.20. The first-order valence-corrected chi connectivity index (χ1v) is 11.0. The van der Waals surface area contributed by atoms with Gasteiger partial charge in [-0.2, -0.15) is 4.31 Å². The van der Waals surface area contributed by atoms with Gasteiger partial charge in [0, 0.05) is 35.1 Å². The highest BCUT2D eigenvalue weighted by atomic mass is 35.5. The predicted octanol–water partition coefficient (Wildman–Crippen LogP) is 3.80. The molecule has 140 valence electrons. The van der Waals surface area contributed by atoms with E-state index in [1.54, 1.807) is 12.3 Å². The van der Waals surface area contributed by atoms with Gasteiger partial charge < -0.3 is 5.32 Å². The molecule has 1 fully saturated rings. The normalized spacial score (nSPS) is 16.6. The van der Waals surface area contributed by atoms with Crippen molar-refractivity contribution in [2.24, 2.45) is 5.92 Å². The van der Waals surface area contributed by atoms with Gasteiger partial charge in [-0.1, -0.05) is 23.2 Å². The van der Waals surface area contributed by atoms with Gasteiger partial charge in [0.05, 0.1) is 5.02 Å². The third-order valence-corrected chi connectivity index (χ3v) is 7.63. The first kappa shape index (κ1) is 19.6. The molecule has 6 nitrogen and oxygen atoms in total. The molecule has 2 heterocycles. The molecule has 0 aliphatic carbocycles. The lowest BCUT2D eigenvalue weighted by Crippen LogP contribution is -2.41. The Hall–Kier alpha value is -1.19. The molecule has 2 aromatic rings. The summed E-state index contributed by atoms with van der Waals surface area (Å²) in [7, 11) is -3.74. The number of hydrogen-bond donors (Lipinski definition) is 1. The van der Waals surface area contributed by atoms with E-state index in [0.29, 0.717) is 23.0 Å². The van der Waals surface area contributed by atoms with Gasteiger partial charge in [0.15, 0.2) is 5.13 Å². The first-order valence-electron chi connectivity index (χ1n) is 7.96. The molecule has 0 radical (unpaired) electrons. The second kappa shape index (κ2) is 7.82. The van der Waals surface area contributed by atoms with Crippen molar-refractivity contribution < 1.29 is 13.2 Å². The number of sulfonamides is 1. The minimum atomic E-state index is -3.74. The third-order valence-electron chi connectivity index (χ3n) is 4.19. The zero-order valence-electron chi connectivity index (χ0n) is 13.9. The average molecular weight is 434 g/mol. The number of aromatic nitrogens is 1. The molecule has 1 N–H and O–H groups in total. The molecule has 0 bridgehead atoms. The fraction of sp³-hybridized carbons (Fsp3) is 0.375. The Labute approximate surface area is 166 Å². The summed E-state index contributed by atoms with van der Waals surface area (Å²) in [5, 5.41) is 3.80. The Morgan fingerprint density at radius 1 is 1.31 bits per heavy atom. The molecule has 1 aliphatic rings. The molecular weight excluding hydrogens is 417 g/mol. The number of rotatable bonds is 4. The smallest absolute Gasteiger partial charge is 0.244 e. The van der Waals surface area contributed by atoms with Crippen molar-refractivity contribution in [3.8, 4) is 0 Å². The number of nitrogens with zero attached hydrogens (tertiary/aromatic N) is 2. The predicted molar refractivity (Wildman–Crippen MR) is 103 cm³/mol. The lowest BCUT2D eigenvalue weighted by Gasteiger charge is -2.30. The Kier molecular flexibility index (Phi) is 5.88. The van der Waals surface area contributed by atoms with Crippen LogP contribution in [-0.2, 0) is 14.8 Å². The second-order valence-corrected chi connectivity index (χ2v) is 10.0. The summed E-state index contributed by atoms with van der Waals surface area (Å²) in [6, 6.07) is 4.36. The maximum atomic E-state index is 12.8. The molecule has 1 amide bonds. The van der Waals surface area contributed by atoms with Crippen LogP contribution in [-0.4, -0.2) is 36.7 Å². The molecule has 0 atom stereocenters. The van der Waals surface area contributed by atoms with Crippen molar-refractivity contribution in [1.29, 1.82) is 0 Å². The van der Waals surface area contributed by atoms with Crippen LogP contribution in [0.5, 0.6) is 0 Å². The Morgan fingerprint density at radius 2 is 2.00 bits per heavy atom. The van der Waals surface area contributed by atoms with E-state index < -0.39 is 10.0 Å². The SMILES string of the molecule is Cc1cnc(NC(=O)C2CCN(S(=O)(=O)c3cc(Cl)ccc3Cl)CC2)s1. The number of carbonyl (C=O) groups excluding carboxylic acids is 1. The number of hydrogen-bond acceptors (Lipinski definition) is 5. The van der Waals surface area contributed by atoms with Crippen molar-refractivity contribution in [2.75, 3.05) is 18.4 Å². The van der Waals surface area contributed by atoms with E-state index in [-0.39, 0.29) is 34.8 Å². The molecule has 10 heteroatoms. The first-order chi connectivity index (χ1) is 12.3. The minimum Gasteiger partial charge on any atom is -0.302 e. The molecule has 26 heavy (non-hydrogen) atoms. The van der Waals surface area contributed by atoms with Crippen LogP contribution in [0, 0.1) is 12.8 Å². The van der Waals surface area contributed by atoms with Crippen LogP contribution >= 0.6 is 34.5 Å². The van der Waals surface area contributed by atoms with E-state index in [4.69, 9.17) is 23.2 Å². The van der Waals surface area contributed by atoms with Gasteiger partial charge in [0.1, 0.15) is 4.90 Å². The summed E-state index contributed by atoms with van der Waals surface area (Å²) >= 11 is 13.4. The number of thiazole rings is 1. The van der Waals surface area contributed by atoms with Crippen LogP contribution in [0.3, 0.4) is 0 Å². The Bertz CT molecular complexity index is 923. The van der Waals surface area contributed by atoms with Crippen molar-refractivity contribution >= 4 is 55.6 Å². The number of halogens is 2. The van der Waals surface area contributed by atoms with Gasteiger partial charge >= 0.3 is 0 Å². The number of anilines is 1. The van der Waals surface area contributed by atoms with Gasteiger partial charge in [-0.15, -0.1) is 11.3 Å². The second-order valence-electron chi connectivity index (χ2n) is 6.02. The Balaban J connectivity index is 1.66. The lowest BCUT2D eigenvalue weighted by atomic mass is 9.97. The molecule has 0 spiro atoms. The molecule has 0 saturated carbocycles. The van der Waals surface area contributed by atoms with E-state index in [1.165, 1.54) is 27.8 Å². The van der Waals surface area contributed by atoms with E-state index in [1.807, 2.05) is 6.92 Å². The van der Waals surface area contributed by atoms with E-state index in [2.05, 4.69) is 10.3 Å². The number of carbonyl (C=O) groups is 1. The lowest BCUT2D eigenvalue weighted by molar-refractivity contribution is -0.120. The number of amides is 1.